The number of nitrogens with zero attached hydrogens (tertiary/aromatic N) is 1. The highest BCUT2D eigenvalue weighted by Crippen LogP contribution is 2.28. The van der Waals surface area contributed by atoms with Crippen LogP contribution in [0, 0.1) is 13.8 Å². The molecule has 0 aliphatic heterocycles. The minimum Gasteiger partial charge on any atom is -0.493 e. The Bertz CT molecular complexity index is 1430. The molecule has 0 atom stereocenters. The van der Waals surface area contributed by atoms with Gasteiger partial charge in [-0.3, -0.25) is 4.79 Å². The van der Waals surface area contributed by atoms with Crippen LogP contribution in [0.15, 0.2) is 96.1 Å². The van der Waals surface area contributed by atoms with Crippen molar-refractivity contribution in [2.24, 2.45) is 5.10 Å². The van der Waals surface area contributed by atoms with Gasteiger partial charge in [-0.15, -0.1) is 0 Å². The van der Waals surface area contributed by atoms with Crippen LogP contribution < -0.4 is 19.6 Å². The topological polar surface area (TPSA) is 86.2 Å². The fraction of sp³-hybridized carbons (Fsp3) is 0.129. The molecule has 7 nitrogen and oxygen atoms in total. The van der Waals surface area contributed by atoms with Crippen LogP contribution in [-0.2, 0) is 6.61 Å². The van der Waals surface area contributed by atoms with Crippen molar-refractivity contribution in [3.63, 3.8) is 0 Å². The molecule has 0 unspecified atom stereocenters. The van der Waals surface area contributed by atoms with Crippen LogP contribution in [0.25, 0.3) is 0 Å². The number of carbonyl (C=O) groups is 2. The van der Waals surface area contributed by atoms with Crippen LogP contribution in [0.4, 0.5) is 0 Å². The van der Waals surface area contributed by atoms with Gasteiger partial charge in [-0.1, -0.05) is 47.5 Å². The molecule has 1 N–H and O–H groups in total. The van der Waals surface area contributed by atoms with Gasteiger partial charge in [0.1, 0.15) is 12.4 Å². The zero-order valence-corrected chi connectivity index (χ0v) is 21.4. The Morgan fingerprint density at radius 1 is 0.789 bits per heavy atom. The largest absolute Gasteiger partial charge is 0.493 e. The van der Waals surface area contributed by atoms with Crippen molar-refractivity contribution in [2.45, 2.75) is 20.5 Å². The zero-order chi connectivity index (χ0) is 26.9. The van der Waals surface area contributed by atoms with E-state index in [1.165, 1.54) is 18.9 Å². The van der Waals surface area contributed by atoms with E-state index in [2.05, 4.69) is 10.5 Å². The van der Waals surface area contributed by atoms with Gasteiger partial charge in [-0.25, -0.2) is 10.2 Å². The summed E-state index contributed by atoms with van der Waals surface area (Å²) in [4.78, 5) is 24.9. The van der Waals surface area contributed by atoms with Gasteiger partial charge in [0, 0.05) is 5.56 Å². The molecule has 4 aromatic carbocycles. The summed E-state index contributed by atoms with van der Waals surface area (Å²) in [6.07, 6.45) is 1.48. The Morgan fingerprint density at radius 2 is 1.42 bits per heavy atom. The molecule has 192 valence electrons. The number of aryl methyl sites for hydroxylation is 2. The second kappa shape index (κ2) is 12.4. The fourth-order valence-corrected chi connectivity index (χ4v) is 3.48. The highest BCUT2D eigenvalue weighted by atomic mass is 16.6. The van der Waals surface area contributed by atoms with Crippen LogP contribution in [-0.4, -0.2) is 25.2 Å². The maximum absolute atomic E-state index is 12.5. The van der Waals surface area contributed by atoms with Crippen molar-refractivity contribution in [3.05, 3.63) is 124 Å². The Labute approximate surface area is 221 Å². The summed E-state index contributed by atoms with van der Waals surface area (Å²) in [5, 5.41) is 4.03. The fourth-order valence-electron chi connectivity index (χ4n) is 3.48. The van der Waals surface area contributed by atoms with E-state index < -0.39 is 5.97 Å². The van der Waals surface area contributed by atoms with E-state index in [0.29, 0.717) is 34.8 Å². The average molecular weight is 509 g/mol. The van der Waals surface area contributed by atoms with E-state index in [9.17, 15) is 9.59 Å². The summed E-state index contributed by atoms with van der Waals surface area (Å²) in [6, 6.07) is 27.1. The summed E-state index contributed by atoms with van der Waals surface area (Å²) in [5.41, 5.74) is 7.36. The lowest BCUT2D eigenvalue weighted by molar-refractivity contribution is 0.0729. The number of rotatable bonds is 9. The maximum atomic E-state index is 12.5. The number of ether oxygens (including phenoxy) is 3. The number of esters is 1. The standard InChI is InChI=1S/C31H28N2O5/c1-21-4-8-23(9-5-21)20-37-27-15-13-25(14-16-27)30(34)33-32-19-24-10-17-28(29(18-24)36-3)38-31(35)26-11-6-22(2)7-12-26/h4-19H,20H2,1-3H3,(H,33,34). The van der Waals surface area contributed by atoms with Crippen molar-refractivity contribution in [2.75, 3.05) is 7.11 Å². The van der Waals surface area contributed by atoms with E-state index >= 15 is 0 Å². The van der Waals surface area contributed by atoms with Crippen LogP contribution in [0.2, 0.25) is 0 Å². The molecule has 0 aromatic heterocycles. The number of carbonyl (C=O) groups excluding carboxylic acids is 2. The Kier molecular flexibility index (Phi) is 8.51. The molecule has 0 heterocycles. The molecule has 4 aromatic rings. The second-order valence-electron chi connectivity index (χ2n) is 8.66. The van der Waals surface area contributed by atoms with Crippen LogP contribution in [0.1, 0.15) is 43.0 Å². The lowest BCUT2D eigenvalue weighted by Crippen LogP contribution is -2.17. The minimum absolute atomic E-state index is 0.281. The smallest absolute Gasteiger partial charge is 0.343 e. The summed E-state index contributed by atoms with van der Waals surface area (Å²) in [7, 11) is 1.48. The monoisotopic (exact) mass is 508 g/mol. The molecule has 0 bridgehead atoms. The molecule has 0 aliphatic carbocycles. The molecule has 1 amide bonds. The molecular formula is C31H28N2O5. The first kappa shape index (κ1) is 26.2. The van der Waals surface area contributed by atoms with Crippen molar-refractivity contribution in [1.29, 1.82) is 0 Å². The van der Waals surface area contributed by atoms with Gasteiger partial charge in [0.05, 0.1) is 18.9 Å². The van der Waals surface area contributed by atoms with Crippen LogP contribution >= 0.6 is 0 Å². The van der Waals surface area contributed by atoms with Crippen molar-refractivity contribution in [1.82, 2.24) is 5.43 Å². The third-order valence-electron chi connectivity index (χ3n) is 5.70. The molecule has 0 spiro atoms. The molecule has 38 heavy (non-hydrogen) atoms. The average Bonchev–Trinajstić information content (AvgIpc) is 2.94. The number of methoxy groups -OCH3 is 1. The van der Waals surface area contributed by atoms with E-state index in [-0.39, 0.29) is 11.7 Å². The van der Waals surface area contributed by atoms with Gasteiger partial charge in [0.15, 0.2) is 11.5 Å². The number of hydrazone groups is 1. The van der Waals surface area contributed by atoms with E-state index in [0.717, 1.165) is 11.1 Å². The van der Waals surface area contributed by atoms with Gasteiger partial charge >= 0.3 is 5.97 Å². The number of hydrogen-bond acceptors (Lipinski definition) is 6. The van der Waals surface area contributed by atoms with Crippen LogP contribution in [0.3, 0.4) is 0 Å². The van der Waals surface area contributed by atoms with Crippen molar-refractivity contribution < 1.29 is 23.8 Å². The Morgan fingerprint density at radius 3 is 2.08 bits per heavy atom. The summed E-state index contributed by atoms with van der Waals surface area (Å²) < 4.78 is 16.6. The summed E-state index contributed by atoms with van der Waals surface area (Å²) >= 11 is 0. The predicted octanol–water partition coefficient (Wildman–Crippen LogP) is 5.87. The van der Waals surface area contributed by atoms with E-state index in [4.69, 9.17) is 14.2 Å². The number of amides is 1. The molecule has 0 saturated heterocycles. The Balaban J connectivity index is 1.31. The van der Waals surface area contributed by atoms with E-state index in [1.807, 2.05) is 50.2 Å². The van der Waals surface area contributed by atoms with Crippen molar-refractivity contribution >= 4 is 18.1 Å². The van der Waals surface area contributed by atoms with Gasteiger partial charge in [-0.2, -0.15) is 5.10 Å². The lowest BCUT2D eigenvalue weighted by atomic mass is 10.1. The third kappa shape index (κ3) is 7.07. The molecule has 4 rings (SSSR count). The number of benzene rings is 4. The second-order valence-corrected chi connectivity index (χ2v) is 8.66. The molecule has 0 fully saturated rings. The minimum atomic E-state index is -0.483. The molecule has 0 aliphatic rings. The first-order chi connectivity index (χ1) is 18.4. The normalized spacial score (nSPS) is 10.7. The first-order valence-electron chi connectivity index (χ1n) is 12.0. The first-order valence-corrected chi connectivity index (χ1v) is 12.0. The van der Waals surface area contributed by atoms with Crippen LogP contribution in [0.5, 0.6) is 17.2 Å². The summed E-state index contributed by atoms with van der Waals surface area (Å²) in [6.45, 7) is 4.43. The lowest BCUT2D eigenvalue weighted by Gasteiger charge is -2.10. The molecule has 0 radical (unpaired) electrons. The SMILES string of the molecule is COc1cc(C=NNC(=O)c2ccc(OCc3ccc(C)cc3)cc2)ccc1OC(=O)c1ccc(C)cc1. The summed E-state index contributed by atoms with van der Waals surface area (Å²) in [5.74, 6) is 0.470. The predicted molar refractivity (Wildman–Crippen MR) is 146 cm³/mol. The number of nitrogens with one attached hydrogen (secondary N) is 1. The number of hydrogen-bond donors (Lipinski definition) is 1. The maximum Gasteiger partial charge on any atom is 0.343 e. The highest BCUT2D eigenvalue weighted by Gasteiger charge is 2.13. The third-order valence-corrected chi connectivity index (χ3v) is 5.70. The quantitative estimate of drug-likeness (QED) is 0.132. The molecule has 7 heteroatoms. The van der Waals surface area contributed by atoms with Gasteiger partial charge < -0.3 is 14.2 Å². The zero-order valence-electron chi connectivity index (χ0n) is 21.4. The van der Waals surface area contributed by atoms with Crippen molar-refractivity contribution in [3.8, 4) is 17.2 Å². The van der Waals surface area contributed by atoms with Gasteiger partial charge in [0.25, 0.3) is 5.91 Å². The highest BCUT2D eigenvalue weighted by molar-refractivity contribution is 5.95. The van der Waals surface area contributed by atoms with Gasteiger partial charge in [0.2, 0.25) is 0 Å². The van der Waals surface area contributed by atoms with E-state index in [1.54, 1.807) is 54.6 Å². The van der Waals surface area contributed by atoms with Gasteiger partial charge in [-0.05, 0) is 79.6 Å². The Hall–Kier alpha value is -4.91. The molecular weight excluding hydrogens is 480 g/mol. The molecule has 0 saturated carbocycles.